The van der Waals surface area contributed by atoms with Crippen LogP contribution in [0.2, 0.25) is 0 Å². The van der Waals surface area contributed by atoms with Crippen LogP contribution in [0.3, 0.4) is 0 Å². The van der Waals surface area contributed by atoms with Crippen LogP contribution < -0.4 is 4.72 Å². The minimum Gasteiger partial charge on any atom is -0.462 e. The summed E-state index contributed by atoms with van der Waals surface area (Å²) < 4.78 is 32.7. The van der Waals surface area contributed by atoms with Crippen LogP contribution in [-0.2, 0) is 16.6 Å². The average molecular weight is 346 g/mol. The number of furan rings is 1. The van der Waals surface area contributed by atoms with Crippen LogP contribution in [0, 0.1) is 6.92 Å². The molecule has 0 bridgehead atoms. The third kappa shape index (κ3) is 2.99. The topological polar surface area (TPSA) is 79.5 Å². The SMILES string of the molecule is Cc1oc(CO)cc1S(=O)(=O)Nc1ccccc1Br. The molecule has 0 aliphatic carbocycles. The molecule has 1 aromatic heterocycles. The molecule has 1 heterocycles. The number of anilines is 1. The number of halogens is 1. The summed E-state index contributed by atoms with van der Waals surface area (Å²) in [5.41, 5.74) is 0.439. The van der Waals surface area contributed by atoms with Crippen molar-refractivity contribution in [3.8, 4) is 0 Å². The number of sulfonamides is 1. The Kier molecular flexibility index (Phi) is 3.98. The van der Waals surface area contributed by atoms with E-state index < -0.39 is 10.0 Å². The second kappa shape index (κ2) is 5.36. The van der Waals surface area contributed by atoms with Gasteiger partial charge in [-0.3, -0.25) is 4.72 Å². The largest absolute Gasteiger partial charge is 0.462 e. The Morgan fingerprint density at radius 1 is 1.37 bits per heavy atom. The average Bonchev–Trinajstić information content (AvgIpc) is 2.74. The summed E-state index contributed by atoms with van der Waals surface area (Å²) in [5.74, 6) is 0.452. The Bertz CT molecular complexity index is 694. The quantitative estimate of drug-likeness (QED) is 0.892. The molecule has 0 saturated heterocycles. The molecule has 7 heteroatoms. The first-order valence-electron chi connectivity index (χ1n) is 5.41. The molecule has 0 saturated carbocycles. The van der Waals surface area contributed by atoms with Gasteiger partial charge in [0.1, 0.15) is 23.0 Å². The summed E-state index contributed by atoms with van der Waals surface area (Å²) in [6, 6.07) is 8.20. The van der Waals surface area contributed by atoms with Crippen molar-refractivity contribution >= 4 is 31.6 Å². The highest BCUT2D eigenvalue weighted by Gasteiger charge is 2.22. The predicted octanol–water partition coefficient (Wildman–Crippen LogP) is 2.64. The van der Waals surface area contributed by atoms with Crippen LogP contribution in [0.15, 0.2) is 44.1 Å². The molecule has 0 unspecified atom stereocenters. The third-order valence-corrected chi connectivity index (χ3v) is 4.65. The molecule has 0 aliphatic heterocycles. The molecule has 2 aromatic rings. The van der Waals surface area contributed by atoms with Gasteiger partial charge in [0.25, 0.3) is 10.0 Å². The molecule has 0 amide bonds. The molecule has 1 aromatic carbocycles. The highest BCUT2D eigenvalue weighted by Crippen LogP contribution is 2.27. The van der Waals surface area contributed by atoms with Gasteiger partial charge >= 0.3 is 0 Å². The van der Waals surface area contributed by atoms with Gasteiger partial charge in [0.2, 0.25) is 0 Å². The number of hydrogen-bond donors (Lipinski definition) is 2. The van der Waals surface area contributed by atoms with Gasteiger partial charge in [0, 0.05) is 10.5 Å². The lowest BCUT2D eigenvalue weighted by atomic mass is 10.3. The zero-order chi connectivity index (χ0) is 14.0. The minimum atomic E-state index is -3.74. The van der Waals surface area contributed by atoms with Crippen molar-refractivity contribution in [1.82, 2.24) is 0 Å². The van der Waals surface area contributed by atoms with E-state index in [-0.39, 0.29) is 23.0 Å². The molecule has 2 N–H and O–H groups in total. The van der Waals surface area contributed by atoms with Crippen LogP contribution in [0.25, 0.3) is 0 Å². The lowest BCUT2D eigenvalue weighted by molar-refractivity contribution is 0.245. The maximum Gasteiger partial charge on any atom is 0.265 e. The second-order valence-corrected chi connectivity index (χ2v) is 6.38. The number of rotatable bonds is 4. The predicted molar refractivity (Wildman–Crippen MR) is 74.3 cm³/mol. The zero-order valence-corrected chi connectivity index (χ0v) is 12.5. The van der Waals surface area contributed by atoms with E-state index in [2.05, 4.69) is 20.7 Å². The summed E-state index contributed by atoms with van der Waals surface area (Å²) in [4.78, 5) is 0.0207. The molecule has 19 heavy (non-hydrogen) atoms. The van der Waals surface area contributed by atoms with Crippen LogP contribution in [-0.4, -0.2) is 13.5 Å². The van der Waals surface area contributed by atoms with E-state index in [1.807, 2.05) is 0 Å². The molecule has 2 rings (SSSR count). The molecule has 102 valence electrons. The van der Waals surface area contributed by atoms with Crippen molar-refractivity contribution in [3.63, 3.8) is 0 Å². The number of hydrogen-bond acceptors (Lipinski definition) is 4. The molecule has 5 nitrogen and oxygen atoms in total. The fraction of sp³-hybridized carbons (Fsp3) is 0.167. The number of aliphatic hydroxyl groups excluding tert-OH is 1. The van der Waals surface area contributed by atoms with E-state index in [1.54, 1.807) is 24.3 Å². The van der Waals surface area contributed by atoms with E-state index in [0.29, 0.717) is 10.2 Å². The molecule has 0 atom stereocenters. The van der Waals surface area contributed by atoms with Crippen molar-refractivity contribution in [3.05, 3.63) is 46.3 Å². The van der Waals surface area contributed by atoms with Gasteiger partial charge in [-0.25, -0.2) is 8.42 Å². The number of para-hydroxylation sites is 1. The smallest absolute Gasteiger partial charge is 0.265 e. The summed E-state index contributed by atoms with van der Waals surface area (Å²) in [5, 5.41) is 8.96. The number of benzene rings is 1. The molecule has 0 radical (unpaired) electrons. The van der Waals surface area contributed by atoms with E-state index in [9.17, 15) is 8.42 Å². The van der Waals surface area contributed by atoms with Crippen molar-refractivity contribution < 1.29 is 17.9 Å². The molecular weight excluding hydrogens is 334 g/mol. The Hall–Kier alpha value is -1.31. The lowest BCUT2D eigenvalue weighted by Crippen LogP contribution is -2.13. The van der Waals surface area contributed by atoms with Crippen molar-refractivity contribution in [2.75, 3.05) is 4.72 Å². The highest BCUT2D eigenvalue weighted by atomic mass is 79.9. The third-order valence-electron chi connectivity index (χ3n) is 2.49. The maximum absolute atomic E-state index is 12.2. The monoisotopic (exact) mass is 345 g/mol. The highest BCUT2D eigenvalue weighted by molar-refractivity contribution is 9.10. The van der Waals surface area contributed by atoms with Crippen molar-refractivity contribution in [2.45, 2.75) is 18.4 Å². The Labute approximate surface area is 119 Å². The van der Waals surface area contributed by atoms with Crippen molar-refractivity contribution in [1.29, 1.82) is 0 Å². The number of aliphatic hydroxyl groups is 1. The van der Waals surface area contributed by atoms with Gasteiger partial charge in [-0.05, 0) is 35.0 Å². The van der Waals surface area contributed by atoms with Crippen LogP contribution in [0.4, 0.5) is 5.69 Å². The standard InChI is InChI=1S/C12H12BrNO4S/c1-8-12(6-9(7-15)18-8)19(16,17)14-11-5-3-2-4-10(11)13/h2-6,14-15H,7H2,1H3. The van der Waals surface area contributed by atoms with E-state index in [1.165, 1.54) is 13.0 Å². The van der Waals surface area contributed by atoms with E-state index >= 15 is 0 Å². The van der Waals surface area contributed by atoms with Crippen molar-refractivity contribution in [2.24, 2.45) is 0 Å². The molecule has 0 spiro atoms. The molecule has 0 aliphatic rings. The fourth-order valence-electron chi connectivity index (χ4n) is 1.61. The Balaban J connectivity index is 2.38. The van der Waals surface area contributed by atoms with Gasteiger partial charge in [0.05, 0.1) is 5.69 Å². The number of aryl methyl sites for hydroxylation is 1. The first-order chi connectivity index (χ1) is 8.94. The lowest BCUT2D eigenvalue weighted by Gasteiger charge is -2.08. The van der Waals surface area contributed by atoms with Gasteiger partial charge < -0.3 is 9.52 Å². The van der Waals surface area contributed by atoms with Gasteiger partial charge in [-0.1, -0.05) is 12.1 Å². The normalized spacial score (nSPS) is 11.5. The van der Waals surface area contributed by atoms with Crippen LogP contribution >= 0.6 is 15.9 Å². The van der Waals surface area contributed by atoms with Gasteiger partial charge in [-0.15, -0.1) is 0 Å². The fourth-order valence-corrected chi connectivity index (χ4v) is 3.41. The van der Waals surface area contributed by atoms with Crippen LogP contribution in [0.5, 0.6) is 0 Å². The van der Waals surface area contributed by atoms with E-state index in [0.717, 1.165) is 0 Å². The van der Waals surface area contributed by atoms with E-state index in [4.69, 9.17) is 9.52 Å². The van der Waals surface area contributed by atoms with Crippen LogP contribution in [0.1, 0.15) is 11.5 Å². The number of nitrogens with one attached hydrogen (secondary N) is 1. The maximum atomic E-state index is 12.2. The first kappa shape index (κ1) is 14.1. The second-order valence-electron chi connectivity index (χ2n) is 3.88. The zero-order valence-electron chi connectivity index (χ0n) is 10.1. The first-order valence-corrected chi connectivity index (χ1v) is 7.69. The summed E-state index contributed by atoms with van der Waals surface area (Å²) >= 11 is 3.27. The van der Waals surface area contributed by atoms with Gasteiger partial charge in [-0.2, -0.15) is 0 Å². The Morgan fingerprint density at radius 2 is 2.05 bits per heavy atom. The summed E-state index contributed by atoms with van der Waals surface area (Å²) in [6.07, 6.45) is 0. The van der Waals surface area contributed by atoms with Gasteiger partial charge in [0.15, 0.2) is 0 Å². The Morgan fingerprint density at radius 3 is 2.63 bits per heavy atom. The molecular formula is C12H12BrNO4S. The molecule has 0 fully saturated rings. The summed E-state index contributed by atoms with van der Waals surface area (Å²) in [6.45, 7) is 1.19. The summed E-state index contributed by atoms with van der Waals surface area (Å²) in [7, 11) is -3.74. The minimum absolute atomic E-state index is 0.0207.